The van der Waals surface area contributed by atoms with Crippen LogP contribution in [0.25, 0.3) is 11.3 Å². The summed E-state index contributed by atoms with van der Waals surface area (Å²) in [5.41, 5.74) is 1.86. The number of nitrogens with zero attached hydrogens (tertiary/aromatic N) is 2. The molecule has 0 atom stereocenters. The Bertz CT molecular complexity index is 922. The number of amides is 1. The van der Waals surface area contributed by atoms with Crippen molar-refractivity contribution in [3.8, 4) is 17.0 Å². The van der Waals surface area contributed by atoms with Gasteiger partial charge in [0.1, 0.15) is 5.75 Å². The average Bonchev–Trinajstić information content (AvgIpc) is 3.10. The maximum absolute atomic E-state index is 12.3. The second-order valence-corrected chi connectivity index (χ2v) is 5.89. The molecule has 3 rings (SSSR count). The predicted molar refractivity (Wildman–Crippen MR) is 95.2 cm³/mol. The maximum Gasteiger partial charge on any atom is 0.269 e. The summed E-state index contributed by atoms with van der Waals surface area (Å²) in [5.74, 6) is 0.307. The number of ether oxygens (including phenoxy) is 1. The first-order chi connectivity index (χ1) is 12.1. The molecule has 25 heavy (non-hydrogen) atoms. The molecule has 0 aliphatic carbocycles. The van der Waals surface area contributed by atoms with Gasteiger partial charge in [-0.3, -0.25) is 20.2 Å². The highest BCUT2D eigenvalue weighted by molar-refractivity contribution is 7.14. The van der Waals surface area contributed by atoms with Crippen LogP contribution in [-0.4, -0.2) is 22.9 Å². The van der Waals surface area contributed by atoms with E-state index >= 15 is 0 Å². The van der Waals surface area contributed by atoms with Crippen molar-refractivity contribution in [3.05, 3.63) is 69.6 Å². The van der Waals surface area contributed by atoms with E-state index in [1.54, 1.807) is 41.8 Å². The molecule has 0 radical (unpaired) electrons. The van der Waals surface area contributed by atoms with Crippen LogP contribution < -0.4 is 10.1 Å². The number of non-ortho nitro benzene ring substituents is 1. The van der Waals surface area contributed by atoms with E-state index < -0.39 is 4.92 Å². The Kier molecular flexibility index (Phi) is 4.71. The van der Waals surface area contributed by atoms with Gasteiger partial charge in [0.15, 0.2) is 5.13 Å². The van der Waals surface area contributed by atoms with Gasteiger partial charge in [-0.1, -0.05) is 6.07 Å². The number of nitrogens with one attached hydrogen (secondary N) is 1. The highest BCUT2D eigenvalue weighted by Gasteiger charge is 2.12. The molecule has 0 spiro atoms. The molecule has 126 valence electrons. The Morgan fingerprint density at radius 1 is 1.24 bits per heavy atom. The molecular formula is C17H13N3O4S. The normalized spacial score (nSPS) is 10.3. The SMILES string of the molecule is COc1cccc(C(=O)Nc2nc(-c3ccc([N+](=O)[O-])cc3)cs2)c1. The van der Waals surface area contributed by atoms with Gasteiger partial charge < -0.3 is 4.74 Å². The number of thiazole rings is 1. The fourth-order valence-electron chi connectivity index (χ4n) is 2.15. The lowest BCUT2D eigenvalue weighted by molar-refractivity contribution is -0.384. The summed E-state index contributed by atoms with van der Waals surface area (Å²) in [6.45, 7) is 0. The molecule has 7 nitrogen and oxygen atoms in total. The molecule has 3 aromatic rings. The number of hydrogen-bond donors (Lipinski definition) is 1. The third-order valence-electron chi connectivity index (χ3n) is 3.43. The minimum absolute atomic E-state index is 0.0190. The molecule has 8 heteroatoms. The summed E-state index contributed by atoms with van der Waals surface area (Å²) < 4.78 is 5.10. The molecule has 0 fully saturated rings. The summed E-state index contributed by atoms with van der Waals surface area (Å²) >= 11 is 1.28. The fraction of sp³-hybridized carbons (Fsp3) is 0.0588. The van der Waals surface area contributed by atoms with Crippen LogP contribution >= 0.6 is 11.3 Å². The van der Waals surface area contributed by atoms with Crippen molar-refractivity contribution in [1.82, 2.24) is 4.98 Å². The molecule has 0 aliphatic heterocycles. The van der Waals surface area contributed by atoms with Crippen LogP contribution in [0, 0.1) is 10.1 Å². The monoisotopic (exact) mass is 355 g/mol. The van der Waals surface area contributed by atoms with Crippen LogP contribution in [0.1, 0.15) is 10.4 Å². The van der Waals surface area contributed by atoms with Gasteiger partial charge >= 0.3 is 0 Å². The van der Waals surface area contributed by atoms with Crippen LogP contribution in [0.2, 0.25) is 0 Å². The first-order valence-electron chi connectivity index (χ1n) is 7.22. The van der Waals surface area contributed by atoms with Crippen molar-refractivity contribution in [2.24, 2.45) is 0 Å². The fourth-order valence-corrected chi connectivity index (χ4v) is 2.87. The third kappa shape index (κ3) is 3.81. The zero-order chi connectivity index (χ0) is 17.8. The largest absolute Gasteiger partial charge is 0.497 e. The van der Waals surface area contributed by atoms with Gasteiger partial charge in [-0.15, -0.1) is 11.3 Å². The van der Waals surface area contributed by atoms with Gasteiger partial charge in [-0.2, -0.15) is 0 Å². The van der Waals surface area contributed by atoms with Crippen molar-refractivity contribution in [2.45, 2.75) is 0 Å². The van der Waals surface area contributed by atoms with Gasteiger partial charge in [-0.25, -0.2) is 4.98 Å². The highest BCUT2D eigenvalue weighted by atomic mass is 32.1. The van der Waals surface area contributed by atoms with E-state index in [2.05, 4.69) is 10.3 Å². The van der Waals surface area contributed by atoms with E-state index in [9.17, 15) is 14.9 Å². The molecule has 1 amide bonds. The maximum atomic E-state index is 12.3. The number of methoxy groups -OCH3 is 1. The lowest BCUT2D eigenvalue weighted by Crippen LogP contribution is -2.11. The first-order valence-corrected chi connectivity index (χ1v) is 8.10. The molecular weight excluding hydrogens is 342 g/mol. The van der Waals surface area contributed by atoms with Crippen molar-refractivity contribution < 1.29 is 14.5 Å². The second-order valence-electron chi connectivity index (χ2n) is 5.03. The number of anilines is 1. The zero-order valence-electron chi connectivity index (χ0n) is 13.1. The van der Waals surface area contributed by atoms with E-state index in [4.69, 9.17) is 4.74 Å². The van der Waals surface area contributed by atoms with Crippen LogP contribution in [-0.2, 0) is 0 Å². The summed E-state index contributed by atoms with van der Waals surface area (Å²) in [5, 5.41) is 15.6. The third-order valence-corrected chi connectivity index (χ3v) is 4.19. The van der Waals surface area contributed by atoms with Gasteiger partial charge in [0.05, 0.1) is 17.7 Å². The van der Waals surface area contributed by atoms with Gasteiger partial charge in [0, 0.05) is 28.6 Å². The summed E-state index contributed by atoms with van der Waals surface area (Å²) in [6, 6.07) is 12.9. The number of aromatic nitrogens is 1. The van der Waals surface area contributed by atoms with Gasteiger partial charge in [0.25, 0.3) is 11.6 Å². The number of rotatable bonds is 5. The minimum Gasteiger partial charge on any atom is -0.497 e. The zero-order valence-corrected chi connectivity index (χ0v) is 13.9. The molecule has 2 aromatic carbocycles. The topological polar surface area (TPSA) is 94.4 Å². The number of carbonyl (C=O) groups excluding carboxylic acids is 1. The molecule has 0 bridgehead atoms. The van der Waals surface area contributed by atoms with Crippen molar-refractivity contribution in [3.63, 3.8) is 0 Å². The quantitative estimate of drug-likeness (QED) is 0.552. The molecule has 0 saturated carbocycles. The number of hydrogen-bond acceptors (Lipinski definition) is 6. The molecule has 0 saturated heterocycles. The summed E-state index contributed by atoms with van der Waals surface area (Å²) in [6.07, 6.45) is 0. The Morgan fingerprint density at radius 3 is 2.68 bits per heavy atom. The summed E-state index contributed by atoms with van der Waals surface area (Å²) in [4.78, 5) is 26.9. The number of nitro groups is 1. The van der Waals surface area contributed by atoms with Crippen LogP contribution in [0.3, 0.4) is 0 Å². The smallest absolute Gasteiger partial charge is 0.269 e. The van der Waals surface area contributed by atoms with Gasteiger partial charge in [-0.05, 0) is 30.3 Å². The number of nitro benzene ring substituents is 1. The van der Waals surface area contributed by atoms with E-state index in [0.29, 0.717) is 22.1 Å². The van der Waals surface area contributed by atoms with Gasteiger partial charge in [0.2, 0.25) is 0 Å². The van der Waals surface area contributed by atoms with E-state index in [-0.39, 0.29) is 11.6 Å². The molecule has 1 heterocycles. The Labute approximate surface area is 147 Å². The lowest BCUT2D eigenvalue weighted by atomic mass is 10.1. The highest BCUT2D eigenvalue weighted by Crippen LogP contribution is 2.27. The van der Waals surface area contributed by atoms with E-state index in [1.165, 1.54) is 30.6 Å². The van der Waals surface area contributed by atoms with Crippen molar-refractivity contribution >= 4 is 28.1 Å². The number of carbonyl (C=O) groups is 1. The molecule has 1 N–H and O–H groups in total. The Morgan fingerprint density at radius 2 is 2.00 bits per heavy atom. The molecule has 1 aromatic heterocycles. The lowest BCUT2D eigenvalue weighted by Gasteiger charge is -2.04. The van der Waals surface area contributed by atoms with Crippen molar-refractivity contribution in [2.75, 3.05) is 12.4 Å². The standard InChI is InChI=1S/C17H13N3O4S/c1-24-14-4-2-3-12(9-14)16(21)19-17-18-15(10-25-17)11-5-7-13(8-6-11)20(22)23/h2-10H,1H3,(H,18,19,21). The van der Waals surface area contributed by atoms with Crippen molar-refractivity contribution in [1.29, 1.82) is 0 Å². The van der Waals surface area contributed by atoms with Crippen LogP contribution in [0.4, 0.5) is 10.8 Å². The second kappa shape index (κ2) is 7.10. The molecule has 0 unspecified atom stereocenters. The van der Waals surface area contributed by atoms with E-state index in [0.717, 1.165) is 5.56 Å². The Balaban J connectivity index is 1.74. The van der Waals surface area contributed by atoms with Crippen LogP contribution in [0.5, 0.6) is 5.75 Å². The number of benzene rings is 2. The first kappa shape index (κ1) is 16.6. The summed E-state index contributed by atoms with van der Waals surface area (Å²) in [7, 11) is 1.54. The van der Waals surface area contributed by atoms with Crippen LogP contribution in [0.15, 0.2) is 53.9 Å². The minimum atomic E-state index is -0.454. The Hall–Kier alpha value is -3.26. The molecule has 0 aliphatic rings. The average molecular weight is 355 g/mol. The van der Waals surface area contributed by atoms with E-state index in [1.807, 2.05) is 0 Å². The predicted octanol–water partition coefficient (Wildman–Crippen LogP) is 3.98.